The Hall–Kier alpha value is -0.980. The van der Waals surface area contributed by atoms with E-state index in [-0.39, 0.29) is 0 Å². The molecule has 3 atom stereocenters. The lowest BCUT2D eigenvalue weighted by Gasteiger charge is -2.23. The summed E-state index contributed by atoms with van der Waals surface area (Å²) in [5.74, 6) is 3.17. The van der Waals surface area contributed by atoms with E-state index in [1.54, 1.807) is 0 Å². The van der Waals surface area contributed by atoms with Crippen LogP contribution in [0.3, 0.4) is 0 Å². The lowest BCUT2D eigenvalue weighted by atomic mass is 9.82. The SMILES string of the molecule is Cc1cc(C2CC3CCC2C3)cc(C)c1O. The van der Waals surface area contributed by atoms with Gasteiger partial charge in [0.15, 0.2) is 0 Å². The van der Waals surface area contributed by atoms with Gasteiger partial charge < -0.3 is 5.11 Å². The molecule has 2 fully saturated rings. The summed E-state index contributed by atoms with van der Waals surface area (Å²) in [5.41, 5.74) is 3.55. The number of phenols is 1. The van der Waals surface area contributed by atoms with Crippen LogP contribution in [0.1, 0.15) is 48.3 Å². The van der Waals surface area contributed by atoms with E-state index in [1.807, 2.05) is 13.8 Å². The Bertz CT molecular complexity index is 398. The minimum atomic E-state index is 0.479. The number of hydrogen-bond donors (Lipinski definition) is 1. The molecule has 3 rings (SSSR count). The third kappa shape index (κ3) is 1.45. The standard InChI is InChI=1S/C15H20O/c1-9-5-13(6-10(2)15(9)16)14-8-11-3-4-12(14)7-11/h5-6,11-12,14,16H,3-4,7-8H2,1-2H3. The first-order valence-corrected chi connectivity index (χ1v) is 6.45. The number of aromatic hydroxyl groups is 1. The summed E-state index contributed by atoms with van der Waals surface area (Å²) in [4.78, 5) is 0. The summed E-state index contributed by atoms with van der Waals surface area (Å²) in [7, 11) is 0. The van der Waals surface area contributed by atoms with Crippen LogP contribution in [0.4, 0.5) is 0 Å². The van der Waals surface area contributed by atoms with E-state index in [0.717, 1.165) is 28.9 Å². The molecule has 1 heteroatoms. The van der Waals surface area contributed by atoms with E-state index in [0.29, 0.717) is 5.75 Å². The van der Waals surface area contributed by atoms with Gasteiger partial charge in [0.25, 0.3) is 0 Å². The van der Waals surface area contributed by atoms with Gasteiger partial charge in [0, 0.05) is 0 Å². The highest BCUT2D eigenvalue weighted by Gasteiger charge is 2.40. The van der Waals surface area contributed by atoms with Gasteiger partial charge in [-0.3, -0.25) is 0 Å². The first kappa shape index (κ1) is 10.2. The van der Waals surface area contributed by atoms with E-state index in [9.17, 15) is 5.11 Å². The molecule has 1 aromatic carbocycles. The zero-order chi connectivity index (χ0) is 11.3. The molecule has 0 amide bonds. The molecule has 0 saturated heterocycles. The van der Waals surface area contributed by atoms with E-state index in [1.165, 1.54) is 31.2 Å². The molecule has 2 saturated carbocycles. The molecular formula is C15H20O. The lowest BCUT2D eigenvalue weighted by molar-refractivity contribution is 0.418. The Morgan fingerprint density at radius 3 is 2.25 bits per heavy atom. The Kier molecular flexibility index (Phi) is 2.24. The normalized spacial score (nSPS) is 32.2. The summed E-state index contributed by atoms with van der Waals surface area (Å²) in [6, 6.07) is 4.40. The highest BCUT2D eigenvalue weighted by molar-refractivity contribution is 5.43. The largest absolute Gasteiger partial charge is 0.507 e. The predicted molar refractivity (Wildman–Crippen MR) is 65.8 cm³/mol. The summed E-state index contributed by atoms with van der Waals surface area (Å²) < 4.78 is 0. The summed E-state index contributed by atoms with van der Waals surface area (Å²) in [6.45, 7) is 4.03. The van der Waals surface area contributed by atoms with Gasteiger partial charge >= 0.3 is 0 Å². The second-order valence-electron chi connectivity index (χ2n) is 5.78. The van der Waals surface area contributed by atoms with Crippen LogP contribution in [0, 0.1) is 25.7 Å². The number of rotatable bonds is 1. The molecule has 2 bridgehead atoms. The van der Waals surface area contributed by atoms with Crippen molar-refractivity contribution >= 4 is 0 Å². The number of hydrogen-bond acceptors (Lipinski definition) is 1. The molecule has 3 unspecified atom stereocenters. The van der Waals surface area contributed by atoms with Crippen molar-refractivity contribution in [1.82, 2.24) is 0 Å². The second kappa shape index (κ2) is 3.51. The quantitative estimate of drug-likeness (QED) is 0.754. The van der Waals surface area contributed by atoms with Gasteiger partial charge in [-0.1, -0.05) is 18.6 Å². The minimum Gasteiger partial charge on any atom is -0.507 e. The monoisotopic (exact) mass is 216 g/mol. The maximum Gasteiger partial charge on any atom is 0.121 e. The summed E-state index contributed by atoms with van der Waals surface area (Å²) in [5, 5.41) is 9.81. The van der Waals surface area contributed by atoms with Crippen molar-refractivity contribution in [3.63, 3.8) is 0 Å². The summed E-state index contributed by atoms with van der Waals surface area (Å²) in [6.07, 6.45) is 5.71. The molecule has 1 aromatic rings. The van der Waals surface area contributed by atoms with Crippen LogP contribution in [0.5, 0.6) is 5.75 Å². The number of benzene rings is 1. The second-order valence-corrected chi connectivity index (χ2v) is 5.78. The third-order valence-corrected chi connectivity index (χ3v) is 4.68. The maximum absolute atomic E-state index is 9.81. The van der Waals surface area contributed by atoms with E-state index in [2.05, 4.69) is 12.1 Å². The van der Waals surface area contributed by atoms with Crippen molar-refractivity contribution in [2.75, 3.05) is 0 Å². The van der Waals surface area contributed by atoms with Crippen molar-refractivity contribution in [2.45, 2.75) is 45.4 Å². The van der Waals surface area contributed by atoms with Gasteiger partial charge in [-0.15, -0.1) is 0 Å². The number of fused-ring (bicyclic) bond motifs is 2. The van der Waals surface area contributed by atoms with Crippen molar-refractivity contribution in [2.24, 2.45) is 11.8 Å². The summed E-state index contributed by atoms with van der Waals surface area (Å²) >= 11 is 0. The average Bonchev–Trinajstić information content (AvgIpc) is 2.86. The molecule has 0 radical (unpaired) electrons. The van der Waals surface area contributed by atoms with E-state index < -0.39 is 0 Å². The molecule has 0 heterocycles. The zero-order valence-corrected chi connectivity index (χ0v) is 10.2. The lowest BCUT2D eigenvalue weighted by Crippen LogP contribution is -2.08. The number of phenolic OH excluding ortho intramolecular Hbond substituents is 1. The fourth-order valence-corrected chi connectivity index (χ4v) is 3.86. The predicted octanol–water partition coefficient (Wildman–Crippen LogP) is 3.91. The number of aryl methyl sites for hydroxylation is 2. The van der Waals surface area contributed by atoms with Crippen molar-refractivity contribution in [1.29, 1.82) is 0 Å². The molecule has 2 aliphatic carbocycles. The molecule has 0 aromatic heterocycles. The van der Waals surface area contributed by atoms with Crippen LogP contribution < -0.4 is 0 Å². The van der Waals surface area contributed by atoms with Gasteiger partial charge in [-0.2, -0.15) is 0 Å². The first-order valence-electron chi connectivity index (χ1n) is 6.45. The molecular weight excluding hydrogens is 196 g/mol. The molecule has 1 nitrogen and oxygen atoms in total. The van der Waals surface area contributed by atoms with Gasteiger partial charge in [-0.25, -0.2) is 0 Å². The van der Waals surface area contributed by atoms with Crippen LogP contribution in [0.25, 0.3) is 0 Å². The molecule has 86 valence electrons. The van der Waals surface area contributed by atoms with Gasteiger partial charge in [-0.05, 0) is 67.6 Å². The molecule has 16 heavy (non-hydrogen) atoms. The Morgan fingerprint density at radius 1 is 1.06 bits per heavy atom. The highest BCUT2D eigenvalue weighted by atomic mass is 16.3. The van der Waals surface area contributed by atoms with Gasteiger partial charge in [0.1, 0.15) is 5.75 Å². The highest BCUT2D eigenvalue weighted by Crippen LogP contribution is 2.53. The van der Waals surface area contributed by atoms with Crippen LogP contribution >= 0.6 is 0 Å². The molecule has 0 spiro atoms. The third-order valence-electron chi connectivity index (χ3n) is 4.68. The van der Waals surface area contributed by atoms with Gasteiger partial charge in [0.05, 0.1) is 0 Å². The van der Waals surface area contributed by atoms with Crippen LogP contribution in [0.2, 0.25) is 0 Å². The topological polar surface area (TPSA) is 20.2 Å². The Morgan fingerprint density at radius 2 is 1.75 bits per heavy atom. The molecule has 0 aliphatic heterocycles. The Balaban J connectivity index is 1.95. The zero-order valence-electron chi connectivity index (χ0n) is 10.2. The Labute approximate surface area is 97.5 Å². The fourth-order valence-electron chi connectivity index (χ4n) is 3.86. The maximum atomic E-state index is 9.81. The smallest absolute Gasteiger partial charge is 0.121 e. The molecule has 2 aliphatic rings. The first-order chi connectivity index (χ1) is 7.65. The van der Waals surface area contributed by atoms with Crippen LogP contribution in [0.15, 0.2) is 12.1 Å². The van der Waals surface area contributed by atoms with E-state index >= 15 is 0 Å². The fraction of sp³-hybridized carbons (Fsp3) is 0.600. The van der Waals surface area contributed by atoms with Crippen LogP contribution in [-0.4, -0.2) is 5.11 Å². The molecule has 1 N–H and O–H groups in total. The van der Waals surface area contributed by atoms with Crippen molar-refractivity contribution in [3.8, 4) is 5.75 Å². The minimum absolute atomic E-state index is 0.479. The van der Waals surface area contributed by atoms with Gasteiger partial charge in [0.2, 0.25) is 0 Å². The average molecular weight is 216 g/mol. The van der Waals surface area contributed by atoms with E-state index in [4.69, 9.17) is 0 Å². The van der Waals surface area contributed by atoms with Crippen LogP contribution in [-0.2, 0) is 0 Å². The van der Waals surface area contributed by atoms with Crippen molar-refractivity contribution in [3.05, 3.63) is 28.8 Å². The van der Waals surface area contributed by atoms with Crippen molar-refractivity contribution < 1.29 is 5.11 Å².